The Morgan fingerprint density at radius 1 is 1.21 bits per heavy atom. The highest BCUT2D eigenvalue weighted by molar-refractivity contribution is 6.03. The molecule has 2 amide bonds. The van der Waals surface area contributed by atoms with E-state index in [-0.39, 0.29) is 12.3 Å². The van der Waals surface area contributed by atoms with E-state index in [4.69, 9.17) is 4.74 Å². The Morgan fingerprint density at radius 3 is 2.25 bits per heavy atom. The van der Waals surface area contributed by atoms with Gasteiger partial charge in [0.25, 0.3) is 0 Å². The van der Waals surface area contributed by atoms with Crippen molar-refractivity contribution in [1.82, 2.24) is 4.90 Å². The Labute approximate surface area is 138 Å². The second-order valence-electron chi connectivity index (χ2n) is 6.68. The van der Waals surface area contributed by atoms with Crippen LogP contribution in [0.4, 0.5) is 13.2 Å². The Balaban J connectivity index is 2.07. The van der Waals surface area contributed by atoms with Crippen LogP contribution in [0, 0.1) is 11.3 Å². The van der Waals surface area contributed by atoms with Gasteiger partial charge in [-0.05, 0) is 26.2 Å². The Bertz CT molecular complexity index is 528. The van der Waals surface area contributed by atoms with Gasteiger partial charge in [-0.1, -0.05) is 26.2 Å². The van der Waals surface area contributed by atoms with Crippen molar-refractivity contribution >= 4 is 17.8 Å². The predicted molar refractivity (Wildman–Crippen MR) is 77.4 cm³/mol. The Kier molecular flexibility index (Phi) is 5.25. The van der Waals surface area contributed by atoms with Gasteiger partial charge in [0.05, 0.1) is 12.3 Å². The van der Waals surface area contributed by atoms with E-state index in [2.05, 4.69) is 0 Å². The Morgan fingerprint density at radius 2 is 1.79 bits per heavy atom. The number of hydrogen-bond acceptors (Lipinski definition) is 4. The normalized spacial score (nSPS) is 25.0. The number of likely N-dealkylation sites (tertiary alicyclic amines) is 1. The summed E-state index contributed by atoms with van der Waals surface area (Å²) >= 11 is 0. The van der Waals surface area contributed by atoms with Gasteiger partial charge < -0.3 is 4.74 Å². The molecule has 2 rings (SSSR count). The summed E-state index contributed by atoms with van der Waals surface area (Å²) in [5.74, 6) is -2.93. The summed E-state index contributed by atoms with van der Waals surface area (Å²) in [7, 11) is 0. The molecule has 0 aromatic heterocycles. The number of halogens is 3. The summed E-state index contributed by atoms with van der Waals surface area (Å²) in [6.07, 6.45) is -2.58. The number of alkyl halides is 3. The minimum absolute atomic E-state index is 0.248. The molecule has 2 unspecified atom stereocenters. The van der Waals surface area contributed by atoms with E-state index < -0.39 is 42.0 Å². The smallest absolute Gasteiger partial charge is 0.402 e. The number of imide groups is 1. The standard InChI is InChI=1S/C16H22F3NO4/c1-3-15(2,16(17,18)19)14(23)20-11(21)9-12(20)24-13(22)10-7-5-4-6-8-10/h10,12H,3-9H2,1-2H3. The van der Waals surface area contributed by atoms with E-state index in [0.717, 1.165) is 26.2 Å². The molecule has 1 aliphatic heterocycles. The van der Waals surface area contributed by atoms with Crippen LogP contribution in [0.2, 0.25) is 0 Å². The highest BCUT2D eigenvalue weighted by atomic mass is 19.4. The quantitative estimate of drug-likeness (QED) is 0.578. The molecular weight excluding hydrogens is 327 g/mol. The molecule has 24 heavy (non-hydrogen) atoms. The molecule has 0 aromatic carbocycles. The van der Waals surface area contributed by atoms with Gasteiger partial charge in [0.1, 0.15) is 5.41 Å². The average molecular weight is 349 g/mol. The van der Waals surface area contributed by atoms with Gasteiger partial charge in [-0.3, -0.25) is 14.4 Å². The van der Waals surface area contributed by atoms with E-state index in [0.29, 0.717) is 17.7 Å². The molecule has 0 N–H and O–H groups in total. The Hall–Kier alpha value is -1.60. The maximum atomic E-state index is 13.2. The molecule has 2 aliphatic rings. The summed E-state index contributed by atoms with van der Waals surface area (Å²) in [6, 6.07) is 0. The molecule has 5 nitrogen and oxygen atoms in total. The third kappa shape index (κ3) is 3.28. The summed E-state index contributed by atoms with van der Waals surface area (Å²) in [5, 5.41) is 0. The maximum absolute atomic E-state index is 13.2. The fourth-order valence-electron chi connectivity index (χ4n) is 3.03. The fourth-order valence-corrected chi connectivity index (χ4v) is 3.03. The van der Waals surface area contributed by atoms with Gasteiger partial charge >= 0.3 is 12.1 Å². The summed E-state index contributed by atoms with van der Waals surface area (Å²) in [5.41, 5.74) is -2.67. The number of β-lactam (4-membered cyclic amide) rings is 1. The maximum Gasteiger partial charge on any atom is 0.402 e. The monoisotopic (exact) mass is 349 g/mol. The second-order valence-corrected chi connectivity index (χ2v) is 6.68. The van der Waals surface area contributed by atoms with Crippen molar-refractivity contribution in [2.24, 2.45) is 11.3 Å². The van der Waals surface area contributed by atoms with E-state index >= 15 is 0 Å². The van der Waals surface area contributed by atoms with E-state index in [1.807, 2.05) is 0 Å². The third-order valence-corrected chi connectivity index (χ3v) is 5.12. The number of ether oxygens (including phenoxy) is 1. The average Bonchev–Trinajstić information content (AvgIpc) is 2.52. The van der Waals surface area contributed by atoms with Crippen LogP contribution in [-0.2, 0) is 19.1 Å². The van der Waals surface area contributed by atoms with Crippen LogP contribution in [0.15, 0.2) is 0 Å². The van der Waals surface area contributed by atoms with E-state index in [1.165, 1.54) is 6.92 Å². The van der Waals surface area contributed by atoms with Crippen LogP contribution < -0.4 is 0 Å². The number of amides is 2. The van der Waals surface area contributed by atoms with E-state index in [1.54, 1.807) is 0 Å². The molecule has 136 valence electrons. The molecule has 0 spiro atoms. The van der Waals surface area contributed by atoms with Crippen molar-refractivity contribution in [3.8, 4) is 0 Å². The first-order chi connectivity index (χ1) is 11.1. The summed E-state index contributed by atoms with van der Waals surface area (Å²) in [6.45, 7) is 2.00. The molecule has 0 aromatic rings. The van der Waals surface area contributed by atoms with Gasteiger partial charge in [0, 0.05) is 0 Å². The fraction of sp³-hybridized carbons (Fsp3) is 0.812. The van der Waals surface area contributed by atoms with Gasteiger partial charge in [0.15, 0.2) is 6.23 Å². The third-order valence-electron chi connectivity index (χ3n) is 5.12. The number of rotatable bonds is 4. The number of esters is 1. The molecule has 2 fully saturated rings. The molecule has 1 saturated carbocycles. The molecule has 8 heteroatoms. The van der Waals surface area contributed by atoms with Crippen molar-refractivity contribution in [1.29, 1.82) is 0 Å². The molecule has 1 saturated heterocycles. The summed E-state index contributed by atoms with van der Waals surface area (Å²) in [4.78, 5) is 36.5. The topological polar surface area (TPSA) is 63.7 Å². The highest BCUT2D eigenvalue weighted by Crippen LogP contribution is 2.44. The first kappa shape index (κ1) is 18.7. The molecular formula is C16H22F3NO4. The van der Waals surface area contributed by atoms with Crippen LogP contribution in [0.1, 0.15) is 58.8 Å². The number of carbonyl (C=O) groups excluding carboxylic acids is 3. The van der Waals surface area contributed by atoms with Crippen LogP contribution in [0.25, 0.3) is 0 Å². The lowest BCUT2D eigenvalue weighted by molar-refractivity contribution is -0.232. The van der Waals surface area contributed by atoms with Crippen LogP contribution in [0.3, 0.4) is 0 Å². The lowest BCUT2D eigenvalue weighted by Gasteiger charge is -2.43. The van der Waals surface area contributed by atoms with Crippen molar-refractivity contribution in [2.75, 3.05) is 0 Å². The molecule has 1 heterocycles. The van der Waals surface area contributed by atoms with Crippen molar-refractivity contribution in [2.45, 2.75) is 71.2 Å². The van der Waals surface area contributed by atoms with Crippen LogP contribution >= 0.6 is 0 Å². The van der Waals surface area contributed by atoms with Gasteiger partial charge in [-0.25, -0.2) is 4.90 Å². The largest absolute Gasteiger partial charge is 0.440 e. The molecule has 0 bridgehead atoms. The van der Waals surface area contributed by atoms with Gasteiger partial charge in [-0.15, -0.1) is 0 Å². The zero-order valence-corrected chi connectivity index (χ0v) is 13.8. The highest BCUT2D eigenvalue weighted by Gasteiger charge is 2.60. The van der Waals surface area contributed by atoms with Gasteiger partial charge in [-0.2, -0.15) is 13.2 Å². The summed E-state index contributed by atoms with van der Waals surface area (Å²) < 4.78 is 44.8. The second kappa shape index (κ2) is 6.72. The predicted octanol–water partition coefficient (Wildman–Crippen LogP) is 3.17. The number of carbonyl (C=O) groups is 3. The first-order valence-corrected chi connectivity index (χ1v) is 8.25. The molecule has 1 aliphatic carbocycles. The lowest BCUT2D eigenvalue weighted by atomic mass is 9.83. The molecule has 0 radical (unpaired) electrons. The van der Waals surface area contributed by atoms with Crippen LogP contribution in [0.5, 0.6) is 0 Å². The zero-order chi connectivity index (χ0) is 18.1. The van der Waals surface area contributed by atoms with Gasteiger partial charge in [0.2, 0.25) is 11.8 Å². The number of hydrogen-bond donors (Lipinski definition) is 0. The minimum atomic E-state index is -4.79. The van der Waals surface area contributed by atoms with E-state index in [9.17, 15) is 27.6 Å². The SMILES string of the molecule is CCC(C)(C(=O)N1C(=O)CC1OC(=O)C1CCCCC1)C(F)(F)F. The number of nitrogens with zero attached hydrogens (tertiary/aromatic N) is 1. The van der Waals surface area contributed by atoms with Crippen molar-refractivity contribution in [3.05, 3.63) is 0 Å². The minimum Gasteiger partial charge on any atom is -0.440 e. The lowest BCUT2D eigenvalue weighted by Crippen LogP contribution is -2.63. The first-order valence-electron chi connectivity index (χ1n) is 8.25. The molecule has 2 atom stereocenters. The zero-order valence-electron chi connectivity index (χ0n) is 13.8. The van der Waals surface area contributed by atoms with Crippen molar-refractivity contribution in [3.63, 3.8) is 0 Å². The van der Waals surface area contributed by atoms with Crippen molar-refractivity contribution < 1.29 is 32.3 Å². The van der Waals surface area contributed by atoms with Crippen LogP contribution in [-0.4, -0.2) is 35.1 Å².